The molecule has 1 aliphatic rings. The lowest BCUT2D eigenvalue weighted by atomic mass is 10.2. The number of aliphatic hydroxyl groups is 1. The number of ether oxygens (including phenoxy) is 1. The highest BCUT2D eigenvalue weighted by molar-refractivity contribution is 5.94. The van der Waals surface area contributed by atoms with Gasteiger partial charge in [-0.25, -0.2) is 0 Å². The molecule has 1 unspecified atom stereocenters. The molecule has 1 aromatic carbocycles. The predicted molar refractivity (Wildman–Crippen MR) is 61.7 cm³/mol. The van der Waals surface area contributed by atoms with Gasteiger partial charge in [-0.15, -0.1) is 0 Å². The van der Waals surface area contributed by atoms with E-state index < -0.39 is 0 Å². The average Bonchev–Trinajstić information content (AvgIpc) is 3.10. The van der Waals surface area contributed by atoms with Crippen molar-refractivity contribution in [3.63, 3.8) is 0 Å². The third-order valence-corrected chi connectivity index (χ3v) is 2.78. The number of nitrogens with two attached hydrogens (primary N) is 1. The Morgan fingerprint density at radius 3 is 2.50 bits per heavy atom. The molecule has 4 nitrogen and oxygen atoms in total. The van der Waals surface area contributed by atoms with Crippen LogP contribution in [0.2, 0.25) is 0 Å². The van der Waals surface area contributed by atoms with Crippen LogP contribution >= 0.6 is 0 Å². The van der Waals surface area contributed by atoms with E-state index in [9.17, 15) is 0 Å². The van der Waals surface area contributed by atoms with Crippen molar-refractivity contribution in [1.29, 1.82) is 5.41 Å². The van der Waals surface area contributed by atoms with Gasteiger partial charge in [-0.2, -0.15) is 0 Å². The number of amidine groups is 1. The fourth-order valence-electron chi connectivity index (χ4n) is 1.64. The van der Waals surface area contributed by atoms with Crippen molar-refractivity contribution in [3.8, 4) is 5.75 Å². The summed E-state index contributed by atoms with van der Waals surface area (Å²) in [4.78, 5) is 0. The summed E-state index contributed by atoms with van der Waals surface area (Å²) in [5.41, 5.74) is 6.03. The Balaban J connectivity index is 2.01. The summed E-state index contributed by atoms with van der Waals surface area (Å²) in [6.07, 6.45) is 2.18. The molecular formula is C12H16N2O2. The topological polar surface area (TPSA) is 79.3 Å². The van der Waals surface area contributed by atoms with E-state index in [0.29, 0.717) is 11.5 Å². The maximum atomic E-state index is 9.16. The molecule has 4 N–H and O–H groups in total. The number of nitrogens with one attached hydrogen (secondary N) is 1. The van der Waals surface area contributed by atoms with Crippen molar-refractivity contribution in [2.24, 2.45) is 11.7 Å². The van der Waals surface area contributed by atoms with E-state index in [1.807, 2.05) is 0 Å². The normalized spacial score (nSPS) is 16.8. The lowest BCUT2D eigenvalue weighted by Crippen LogP contribution is -2.23. The van der Waals surface area contributed by atoms with Gasteiger partial charge in [0.05, 0.1) is 6.61 Å². The zero-order valence-electron chi connectivity index (χ0n) is 9.02. The van der Waals surface area contributed by atoms with Crippen molar-refractivity contribution in [3.05, 3.63) is 29.8 Å². The van der Waals surface area contributed by atoms with Gasteiger partial charge in [-0.3, -0.25) is 5.41 Å². The molecule has 4 heteroatoms. The van der Waals surface area contributed by atoms with Crippen molar-refractivity contribution in [2.45, 2.75) is 18.9 Å². The number of rotatable bonds is 5. The lowest BCUT2D eigenvalue weighted by molar-refractivity contribution is 0.0986. The van der Waals surface area contributed by atoms with Crippen LogP contribution in [0.15, 0.2) is 24.3 Å². The summed E-state index contributed by atoms with van der Waals surface area (Å²) >= 11 is 0. The molecule has 1 atom stereocenters. The van der Waals surface area contributed by atoms with Crippen LogP contribution < -0.4 is 10.5 Å². The summed E-state index contributed by atoms with van der Waals surface area (Å²) in [5, 5.41) is 16.4. The van der Waals surface area contributed by atoms with Gasteiger partial charge < -0.3 is 15.6 Å². The maximum absolute atomic E-state index is 9.16. The summed E-state index contributed by atoms with van der Waals surface area (Å²) in [6.45, 7) is 0.0547. The molecule has 0 spiro atoms. The molecule has 1 saturated carbocycles. The van der Waals surface area contributed by atoms with Crippen LogP contribution in [-0.4, -0.2) is 23.7 Å². The fourth-order valence-corrected chi connectivity index (χ4v) is 1.64. The van der Waals surface area contributed by atoms with Crippen LogP contribution in [0.5, 0.6) is 5.75 Å². The van der Waals surface area contributed by atoms with E-state index in [0.717, 1.165) is 18.6 Å². The lowest BCUT2D eigenvalue weighted by Gasteiger charge is -2.16. The minimum absolute atomic E-state index is 0.0486. The summed E-state index contributed by atoms with van der Waals surface area (Å²) in [7, 11) is 0. The third-order valence-electron chi connectivity index (χ3n) is 2.78. The largest absolute Gasteiger partial charge is 0.488 e. The molecule has 0 saturated heterocycles. The predicted octanol–water partition coefficient (Wildman–Crippen LogP) is 1.12. The van der Waals surface area contributed by atoms with Crippen LogP contribution in [0.1, 0.15) is 18.4 Å². The van der Waals surface area contributed by atoms with Gasteiger partial charge in [-0.1, -0.05) is 0 Å². The highest BCUT2D eigenvalue weighted by Gasteiger charge is 2.32. The Morgan fingerprint density at radius 2 is 2.06 bits per heavy atom. The standard InChI is InChI=1S/C12H16N2O2/c13-12(14)9-3-5-10(6-4-9)16-11(7-15)8-1-2-8/h3-6,8,11,15H,1-2,7H2,(H3,13,14). The van der Waals surface area contributed by atoms with Crippen molar-refractivity contribution in [1.82, 2.24) is 0 Å². The van der Waals surface area contributed by atoms with Crippen molar-refractivity contribution >= 4 is 5.84 Å². The van der Waals surface area contributed by atoms with Crippen LogP contribution in [0, 0.1) is 11.3 Å². The van der Waals surface area contributed by atoms with Gasteiger partial charge in [-0.05, 0) is 43.0 Å². The molecule has 16 heavy (non-hydrogen) atoms. The van der Waals surface area contributed by atoms with Gasteiger partial charge in [0.1, 0.15) is 17.7 Å². The zero-order chi connectivity index (χ0) is 11.5. The van der Waals surface area contributed by atoms with Gasteiger partial charge in [0.25, 0.3) is 0 Å². The van der Waals surface area contributed by atoms with Crippen molar-refractivity contribution < 1.29 is 9.84 Å². The molecular weight excluding hydrogens is 204 g/mol. The van der Waals surface area contributed by atoms with Gasteiger partial charge in [0.15, 0.2) is 0 Å². The van der Waals surface area contributed by atoms with Gasteiger partial charge >= 0.3 is 0 Å². The second-order valence-corrected chi connectivity index (χ2v) is 4.11. The number of benzene rings is 1. The Morgan fingerprint density at radius 1 is 1.44 bits per heavy atom. The number of aliphatic hydroxyl groups excluding tert-OH is 1. The summed E-state index contributed by atoms with van der Waals surface area (Å²) in [6, 6.07) is 7.06. The molecule has 0 heterocycles. The molecule has 1 aliphatic carbocycles. The molecule has 1 fully saturated rings. The third kappa shape index (κ3) is 2.52. The molecule has 0 amide bonds. The zero-order valence-corrected chi connectivity index (χ0v) is 9.02. The van der Waals surface area contributed by atoms with E-state index in [4.69, 9.17) is 21.0 Å². The highest BCUT2D eigenvalue weighted by atomic mass is 16.5. The Kier molecular flexibility index (Phi) is 3.10. The van der Waals surface area contributed by atoms with E-state index in [2.05, 4.69) is 0 Å². The smallest absolute Gasteiger partial charge is 0.124 e. The first kappa shape index (κ1) is 11.0. The van der Waals surface area contributed by atoms with E-state index in [1.165, 1.54) is 0 Å². The maximum Gasteiger partial charge on any atom is 0.124 e. The van der Waals surface area contributed by atoms with Crippen LogP contribution in [-0.2, 0) is 0 Å². The summed E-state index contributed by atoms with van der Waals surface area (Å²) < 4.78 is 5.66. The van der Waals surface area contributed by atoms with Gasteiger partial charge in [0.2, 0.25) is 0 Å². The first-order valence-electron chi connectivity index (χ1n) is 5.42. The second-order valence-electron chi connectivity index (χ2n) is 4.11. The molecule has 0 aromatic heterocycles. The first-order chi connectivity index (χ1) is 7.70. The van der Waals surface area contributed by atoms with Crippen LogP contribution in [0.3, 0.4) is 0 Å². The fraction of sp³-hybridized carbons (Fsp3) is 0.417. The molecule has 2 rings (SSSR count). The Bertz CT molecular complexity index is 371. The Hall–Kier alpha value is -1.55. The number of hydrogen-bond acceptors (Lipinski definition) is 3. The summed E-state index contributed by atoms with van der Waals surface area (Å²) in [5.74, 6) is 1.26. The van der Waals surface area contributed by atoms with Gasteiger partial charge in [0, 0.05) is 5.56 Å². The molecule has 1 aromatic rings. The molecule has 0 bridgehead atoms. The first-order valence-corrected chi connectivity index (χ1v) is 5.42. The highest BCUT2D eigenvalue weighted by Crippen LogP contribution is 2.34. The average molecular weight is 220 g/mol. The monoisotopic (exact) mass is 220 g/mol. The Labute approximate surface area is 94.5 Å². The minimum atomic E-state index is -0.0943. The molecule has 0 radical (unpaired) electrons. The number of nitrogen functional groups attached to an aromatic ring is 1. The van der Waals surface area contributed by atoms with E-state index in [1.54, 1.807) is 24.3 Å². The number of hydrogen-bond donors (Lipinski definition) is 3. The second kappa shape index (κ2) is 4.53. The van der Waals surface area contributed by atoms with E-state index >= 15 is 0 Å². The van der Waals surface area contributed by atoms with E-state index in [-0.39, 0.29) is 18.5 Å². The molecule has 0 aliphatic heterocycles. The quantitative estimate of drug-likeness (QED) is 0.514. The minimum Gasteiger partial charge on any atom is -0.488 e. The van der Waals surface area contributed by atoms with Crippen LogP contribution in [0.25, 0.3) is 0 Å². The van der Waals surface area contributed by atoms with Crippen molar-refractivity contribution in [2.75, 3.05) is 6.61 Å². The van der Waals surface area contributed by atoms with Crippen LogP contribution in [0.4, 0.5) is 0 Å². The molecule has 86 valence electrons. The SMILES string of the molecule is N=C(N)c1ccc(OC(CO)C2CC2)cc1.